The molecule has 5 nitrogen and oxygen atoms in total. The second-order valence-corrected chi connectivity index (χ2v) is 6.34. The molecule has 0 aromatic carbocycles. The number of likely N-dealkylation sites (tertiary alicyclic amines) is 1. The number of piperidine rings is 1. The number of nitrogens with one attached hydrogen (secondary N) is 1. The number of nitrogens with zero attached hydrogens (tertiary/aromatic N) is 1. The molecule has 0 aromatic rings. The molecule has 0 bridgehead atoms. The average molecular weight is 282 g/mol. The predicted octanol–water partition coefficient (Wildman–Crippen LogP) is 1.48. The topological polar surface area (TPSA) is 69.6 Å². The van der Waals surface area contributed by atoms with Gasteiger partial charge in [-0.25, -0.2) is 0 Å². The van der Waals surface area contributed by atoms with Crippen molar-refractivity contribution in [3.63, 3.8) is 0 Å². The zero-order chi connectivity index (χ0) is 14.5. The maximum absolute atomic E-state index is 12.1. The highest BCUT2D eigenvalue weighted by Crippen LogP contribution is 2.23. The molecule has 2 unspecified atom stereocenters. The molecule has 2 atom stereocenters. The van der Waals surface area contributed by atoms with Crippen LogP contribution in [0.2, 0.25) is 0 Å². The zero-order valence-electron chi connectivity index (χ0n) is 12.3. The maximum Gasteiger partial charge on any atom is 0.306 e. The summed E-state index contributed by atoms with van der Waals surface area (Å²) in [5.74, 6) is -0.132. The van der Waals surface area contributed by atoms with Crippen LogP contribution in [0.15, 0.2) is 0 Å². The van der Waals surface area contributed by atoms with E-state index >= 15 is 0 Å². The first-order valence-electron chi connectivity index (χ1n) is 7.80. The van der Waals surface area contributed by atoms with Gasteiger partial charge in [-0.3, -0.25) is 9.59 Å². The molecule has 1 aliphatic heterocycles. The lowest BCUT2D eigenvalue weighted by Crippen LogP contribution is -2.46. The molecular weight excluding hydrogens is 256 g/mol. The van der Waals surface area contributed by atoms with Crippen molar-refractivity contribution in [2.24, 2.45) is 11.8 Å². The minimum Gasteiger partial charge on any atom is -0.481 e. The summed E-state index contributed by atoms with van der Waals surface area (Å²) in [5.41, 5.74) is 0. The molecule has 0 radical (unpaired) electrons. The molecule has 1 saturated heterocycles. The Morgan fingerprint density at radius 1 is 1.20 bits per heavy atom. The number of hydrogen-bond donors (Lipinski definition) is 2. The fraction of sp³-hybridized carbons (Fsp3) is 0.867. The van der Waals surface area contributed by atoms with Gasteiger partial charge in [0.05, 0.1) is 12.5 Å². The molecule has 2 fully saturated rings. The summed E-state index contributed by atoms with van der Waals surface area (Å²) in [6.07, 6.45) is 6.04. The molecule has 20 heavy (non-hydrogen) atoms. The van der Waals surface area contributed by atoms with Gasteiger partial charge < -0.3 is 15.3 Å². The van der Waals surface area contributed by atoms with E-state index in [1.807, 2.05) is 0 Å². The van der Waals surface area contributed by atoms with E-state index in [1.165, 1.54) is 19.3 Å². The Balaban J connectivity index is 1.69. The SMILES string of the molecule is CC1CCCC(NCC(=O)N2CCC(C(=O)O)CC2)C1. The highest BCUT2D eigenvalue weighted by molar-refractivity contribution is 5.79. The van der Waals surface area contributed by atoms with E-state index in [0.29, 0.717) is 38.5 Å². The van der Waals surface area contributed by atoms with Gasteiger partial charge in [0.1, 0.15) is 0 Å². The minimum atomic E-state index is -0.730. The number of carboxylic acid groups (broad SMARTS) is 1. The Hall–Kier alpha value is -1.10. The summed E-state index contributed by atoms with van der Waals surface area (Å²) in [6.45, 7) is 3.83. The smallest absolute Gasteiger partial charge is 0.306 e. The molecule has 1 amide bonds. The van der Waals surface area contributed by atoms with Gasteiger partial charge in [0, 0.05) is 19.1 Å². The van der Waals surface area contributed by atoms with Crippen LogP contribution in [-0.4, -0.2) is 47.6 Å². The van der Waals surface area contributed by atoms with Crippen molar-refractivity contribution in [2.75, 3.05) is 19.6 Å². The van der Waals surface area contributed by atoms with Crippen LogP contribution < -0.4 is 5.32 Å². The highest BCUT2D eigenvalue weighted by Gasteiger charge is 2.27. The van der Waals surface area contributed by atoms with Crippen LogP contribution in [0.25, 0.3) is 0 Å². The largest absolute Gasteiger partial charge is 0.481 e. The molecule has 2 rings (SSSR count). The summed E-state index contributed by atoms with van der Waals surface area (Å²) < 4.78 is 0. The Morgan fingerprint density at radius 2 is 1.90 bits per heavy atom. The maximum atomic E-state index is 12.1. The molecule has 1 saturated carbocycles. The number of rotatable bonds is 4. The van der Waals surface area contributed by atoms with Gasteiger partial charge in [-0.05, 0) is 31.6 Å². The van der Waals surface area contributed by atoms with E-state index in [4.69, 9.17) is 5.11 Å². The first-order valence-corrected chi connectivity index (χ1v) is 7.80. The third-order valence-corrected chi connectivity index (χ3v) is 4.68. The fourth-order valence-electron chi connectivity index (χ4n) is 3.34. The Bertz CT molecular complexity index is 351. The van der Waals surface area contributed by atoms with Crippen molar-refractivity contribution in [1.29, 1.82) is 0 Å². The van der Waals surface area contributed by atoms with Gasteiger partial charge in [-0.15, -0.1) is 0 Å². The minimum absolute atomic E-state index is 0.118. The van der Waals surface area contributed by atoms with Crippen LogP contribution in [0.3, 0.4) is 0 Å². The van der Waals surface area contributed by atoms with E-state index < -0.39 is 5.97 Å². The van der Waals surface area contributed by atoms with Gasteiger partial charge in [0.15, 0.2) is 0 Å². The van der Waals surface area contributed by atoms with Crippen LogP contribution in [0, 0.1) is 11.8 Å². The first kappa shape index (κ1) is 15.3. The summed E-state index contributed by atoms with van der Waals surface area (Å²) in [7, 11) is 0. The molecular formula is C15H26N2O3. The summed E-state index contributed by atoms with van der Waals surface area (Å²) >= 11 is 0. The van der Waals surface area contributed by atoms with Gasteiger partial charge in [0.25, 0.3) is 0 Å². The van der Waals surface area contributed by atoms with E-state index in [2.05, 4.69) is 12.2 Å². The fourth-order valence-corrected chi connectivity index (χ4v) is 3.34. The van der Waals surface area contributed by atoms with Gasteiger partial charge in [-0.1, -0.05) is 19.8 Å². The van der Waals surface area contributed by atoms with E-state index in [0.717, 1.165) is 12.3 Å². The quantitative estimate of drug-likeness (QED) is 0.819. The van der Waals surface area contributed by atoms with Gasteiger partial charge in [-0.2, -0.15) is 0 Å². The molecule has 5 heteroatoms. The van der Waals surface area contributed by atoms with E-state index in [1.54, 1.807) is 4.90 Å². The molecule has 2 aliphatic rings. The zero-order valence-corrected chi connectivity index (χ0v) is 12.3. The van der Waals surface area contributed by atoms with Crippen molar-refractivity contribution < 1.29 is 14.7 Å². The molecule has 0 aromatic heterocycles. The van der Waals surface area contributed by atoms with Crippen molar-refractivity contribution in [2.45, 2.75) is 51.5 Å². The van der Waals surface area contributed by atoms with Crippen LogP contribution in [0.5, 0.6) is 0 Å². The molecule has 1 aliphatic carbocycles. The van der Waals surface area contributed by atoms with Crippen molar-refractivity contribution >= 4 is 11.9 Å². The van der Waals surface area contributed by atoms with E-state index in [-0.39, 0.29) is 11.8 Å². The van der Waals surface area contributed by atoms with E-state index in [9.17, 15) is 9.59 Å². The number of aliphatic carboxylic acids is 1. The number of amides is 1. The normalized spacial score (nSPS) is 28.4. The van der Waals surface area contributed by atoms with Crippen LogP contribution in [0.1, 0.15) is 45.4 Å². The highest BCUT2D eigenvalue weighted by atomic mass is 16.4. The molecule has 0 spiro atoms. The number of carbonyl (C=O) groups is 2. The van der Waals surface area contributed by atoms with Crippen molar-refractivity contribution in [3.8, 4) is 0 Å². The summed E-state index contributed by atoms with van der Waals surface area (Å²) in [5, 5.41) is 12.3. The Labute approximate surface area is 120 Å². The second-order valence-electron chi connectivity index (χ2n) is 6.34. The van der Waals surface area contributed by atoms with Crippen molar-refractivity contribution in [3.05, 3.63) is 0 Å². The first-order chi connectivity index (χ1) is 9.56. The van der Waals surface area contributed by atoms with Crippen LogP contribution in [0.4, 0.5) is 0 Å². The molecule has 114 valence electrons. The number of carboxylic acids is 1. The lowest BCUT2D eigenvalue weighted by atomic mass is 9.87. The number of hydrogen-bond acceptors (Lipinski definition) is 3. The van der Waals surface area contributed by atoms with Crippen LogP contribution in [-0.2, 0) is 9.59 Å². The third kappa shape index (κ3) is 4.20. The predicted molar refractivity (Wildman–Crippen MR) is 76.4 cm³/mol. The Morgan fingerprint density at radius 3 is 2.50 bits per heavy atom. The summed E-state index contributed by atoms with van der Waals surface area (Å²) in [4.78, 5) is 24.8. The molecule has 2 N–H and O–H groups in total. The number of carbonyl (C=O) groups excluding carboxylic acids is 1. The second kappa shape index (κ2) is 7.07. The van der Waals surface area contributed by atoms with Crippen molar-refractivity contribution in [1.82, 2.24) is 10.2 Å². The van der Waals surface area contributed by atoms with Gasteiger partial charge in [0.2, 0.25) is 5.91 Å². The van der Waals surface area contributed by atoms with Gasteiger partial charge >= 0.3 is 5.97 Å². The lowest BCUT2D eigenvalue weighted by molar-refractivity contribution is -0.145. The third-order valence-electron chi connectivity index (χ3n) is 4.68. The Kier molecular flexibility index (Phi) is 5.40. The summed E-state index contributed by atoms with van der Waals surface area (Å²) in [6, 6.07) is 0.472. The monoisotopic (exact) mass is 282 g/mol. The average Bonchev–Trinajstić information content (AvgIpc) is 2.45. The molecule has 1 heterocycles. The standard InChI is InChI=1S/C15H26N2O3/c1-11-3-2-4-13(9-11)16-10-14(18)17-7-5-12(6-8-17)15(19)20/h11-13,16H,2-10H2,1H3,(H,19,20). The lowest BCUT2D eigenvalue weighted by Gasteiger charge is -2.32. The van der Waals surface area contributed by atoms with Crippen LogP contribution >= 0.6 is 0 Å².